The molecule has 0 aromatic heterocycles. The average Bonchev–Trinajstić information content (AvgIpc) is 2.63. The third-order valence-electron chi connectivity index (χ3n) is 3.71. The minimum Gasteiger partial charge on any atom is -0.475 e. The van der Waals surface area contributed by atoms with Crippen LogP contribution in [0.3, 0.4) is 0 Å². The molecule has 2 aromatic rings. The number of alkyl halides is 3. The molecule has 1 aliphatic heterocycles. The quantitative estimate of drug-likeness (QED) is 0.647. The standard InChI is InChI=1S/C19H14ClF3O4/c1-2-25-18(24)13-10-12-15(27-17(13)19(21,22)23)9-8-14(20)16(12)26-11-6-4-3-5-7-11/h3-10,17H,2H2,1H3. The molecule has 142 valence electrons. The Labute approximate surface area is 158 Å². The molecule has 1 unspecified atom stereocenters. The van der Waals surface area contributed by atoms with Gasteiger partial charge in [0, 0.05) is 0 Å². The SMILES string of the molecule is CCOC(=O)C1=Cc2c(ccc(Cl)c2Oc2ccccc2)OC1C(F)(F)F. The summed E-state index contributed by atoms with van der Waals surface area (Å²) in [5.41, 5.74) is -0.535. The molecule has 0 radical (unpaired) electrons. The molecule has 0 aliphatic carbocycles. The molecular weight excluding hydrogens is 385 g/mol. The summed E-state index contributed by atoms with van der Waals surface area (Å²) in [6.45, 7) is 1.43. The number of hydrogen-bond donors (Lipinski definition) is 0. The highest BCUT2D eigenvalue weighted by Crippen LogP contribution is 2.45. The van der Waals surface area contributed by atoms with Gasteiger partial charge < -0.3 is 14.2 Å². The number of carbonyl (C=O) groups excluding carboxylic acids is 1. The van der Waals surface area contributed by atoms with Gasteiger partial charge in [0.1, 0.15) is 11.5 Å². The van der Waals surface area contributed by atoms with Crippen molar-refractivity contribution in [2.45, 2.75) is 19.2 Å². The summed E-state index contributed by atoms with van der Waals surface area (Å²) in [5, 5.41) is 0.158. The molecule has 8 heteroatoms. The molecule has 1 atom stereocenters. The van der Waals surface area contributed by atoms with Crippen molar-refractivity contribution in [1.82, 2.24) is 0 Å². The molecule has 0 N–H and O–H groups in total. The lowest BCUT2D eigenvalue weighted by Crippen LogP contribution is -2.40. The third-order valence-corrected chi connectivity index (χ3v) is 4.00. The molecule has 1 heterocycles. The van der Waals surface area contributed by atoms with Gasteiger partial charge in [0.2, 0.25) is 6.10 Å². The van der Waals surface area contributed by atoms with Crippen LogP contribution in [-0.2, 0) is 9.53 Å². The van der Waals surface area contributed by atoms with E-state index in [4.69, 9.17) is 25.8 Å². The van der Waals surface area contributed by atoms with Gasteiger partial charge in [-0.15, -0.1) is 0 Å². The topological polar surface area (TPSA) is 44.8 Å². The highest BCUT2D eigenvalue weighted by atomic mass is 35.5. The lowest BCUT2D eigenvalue weighted by molar-refractivity contribution is -0.187. The highest BCUT2D eigenvalue weighted by Gasteiger charge is 2.49. The largest absolute Gasteiger partial charge is 0.475 e. The van der Waals surface area contributed by atoms with E-state index in [1.807, 2.05) is 0 Å². The van der Waals surface area contributed by atoms with E-state index in [2.05, 4.69) is 0 Å². The molecule has 0 amide bonds. The fourth-order valence-electron chi connectivity index (χ4n) is 2.55. The summed E-state index contributed by atoms with van der Waals surface area (Å²) in [7, 11) is 0. The summed E-state index contributed by atoms with van der Waals surface area (Å²) in [6, 6.07) is 11.2. The fourth-order valence-corrected chi connectivity index (χ4v) is 2.75. The lowest BCUT2D eigenvalue weighted by Gasteiger charge is -2.28. The Morgan fingerprint density at radius 1 is 1.19 bits per heavy atom. The van der Waals surface area contributed by atoms with E-state index in [9.17, 15) is 18.0 Å². The number of hydrogen-bond acceptors (Lipinski definition) is 4. The first kappa shape index (κ1) is 19.1. The molecule has 4 nitrogen and oxygen atoms in total. The maximum Gasteiger partial charge on any atom is 0.430 e. The van der Waals surface area contributed by atoms with Crippen LogP contribution in [0.15, 0.2) is 48.0 Å². The Balaban J connectivity index is 2.10. The van der Waals surface area contributed by atoms with Gasteiger partial charge in [0.05, 0.1) is 22.8 Å². The summed E-state index contributed by atoms with van der Waals surface area (Å²) in [5.74, 6) is -0.698. The van der Waals surface area contributed by atoms with Crippen LogP contribution in [0.1, 0.15) is 12.5 Å². The van der Waals surface area contributed by atoms with Gasteiger partial charge in [0.15, 0.2) is 5.75 Å². The first-order valence-electron chi connectivity index (χ1n) is 7.98. The van der Waals surface area contributed by atoms with Gasteiger partial charge in [0.25, 0.3) is 0 Å². The predicted octanol–water partition coefficient (Wildman–Crippen LogP) is 5.40. The van der Waals surface area contributed by atoms with Crippen LogP contribution < -0.4 is 9.47 Å². The van der Waals surface area contributed by atoms with Gasteiger partial charge in [-0.25, -0.2) is 4.79 Å². The molecule has 0 bridgehead atoms. The number of carbonyl (C=O) groups is 1. The van der Waals surface area contributed by atoms with Gasteiger partial charge in [-0.2, -0.15) is 13.2 Å². The zero-order valence-corrected chi connectivity index (χ0v) is 14.8. The number of benzene rings is 2. The molecule has 3 rings (SSSR count). The lowest BCUT2D eigenvalue weighted by atomic mass is 10.0. The van der Waals surface area contributed by atoms with Crippen LogP contribution in [0.5, 0.6) is 17.2 Å². The molecule has 0 spiro atoms. The Bertz CT molecular complexity index is 879. The molecule has 2 aromatic carbocycles. The summed E-state index contributed by atoms with van der Waals surface area (Å²) in [6.07, 6.45) is -6.18. The normalized spacial score (nSPS) is 16.0. The van der Waals surface area contributed by atoms with Gasteiger partial charge in [-0.1, -0.05) is 29.8 Å². The van der Waals surface area contributed by atoms with Crippen molar-refractivity contribution in [3.8, 4) is 17.2 Å². The van der Waals surface area contributed by atoms with E-state index in [-0.39, 0.29) is 28.7 Å². The molecule has 0 fully saturated rings. The Hall–Kier alpha value is -2.67. The minimum absolute atomic E-state index is 0.0729. The fraction of sp³-hybridized carbons (Fsp3) is 0.211. The Kier molecular flexibility index (Phi) is 5.32. The smallest absolute Gasteiger partial charge is 0.430 e. The maximum absolute atomic E-state index is 13.4. The van der Waals surface area contributed by atoms with E-state index < -0.39 is 23.8 Å². The Morgan fingerprint density at radius 3 is 2.52 bits per heavy atom. The van der Waals surface area contributed by atoms with E-state index in [0.29, 0.717) is 5.75 Å². The van der Waals surface area contributed by atoms with Crippen LogP contribution in [0.25, 0.3) is 6.08 Å². The van der Waals surface area contributed by atoms with Crippen molar-refractivity contribution >= 4 is 23.6 Å². The summed E-state index contributed by atoms with van der Waals surface area (Å²) < 4.78 is 55.7. The number of esters is 1. The molecule has 27 heavy (non-hydrogen) atoms. The van der Waals surface area contributed by atoms with Crippen molar-refractivity contribution in [2.24, 2.45) is 0 Å². The van der Waals surface area contributed by atoms with Gasteiger partial charge in [-0.3, -0.25) is 0 Å². The predicted molar refractivity (Wildman–Crippen MR) is 93.0 cm³/mol. The monoisotopic (exact) mass is 398 g/mol. The second-order valence-corrected chi connectivity index (χ2v) is 5.97. The highest BCUT2D eigenvalue weighted by molar-refractivity contribution is 6.32. The van der Waals surface area contributed by atoms with Crippen molar-refractivity contribution in [3.63, 3.8) is 0 Å². The van der Waals surface area contributed by atoms with Crippen LogP contribution in [0.4, 0.5) is 13.2 Å². The first-order valence-corrected chi connectivity index (χ1v) is 8.36. The number of fused-ring (bicyclic) bond motifs is 1. The van der Waals surface area contributed by atoms with Crippen LogP contribution in [0, 0.1) is 0 Å². The summed E-state index contributed by atoms with van der Waals surface area (Å²) in [4.78, 5) is 12.1. The van der Waals surface area contributed by atoms with Crippen molar-refractivity contribution in [3.05, 3.63) is 58.6 Å². The van der Waals surface area contributed by atoms with E-state index >= 15 is 0 Å². The number of halogens is 4. The average molecular weight is 399 g/mol. The van der Waals surface area contributed by atoms with Crippen molar-refractivity contribution in [2.75, 3.05) is 6.61 Å². The molecule has 1 aliphatic rings. The van der Waals surface area contributed by atoms with Crippen LogP contribution >= 0.6 is 11.6 Å². The summed E-state index contributed by atoms with van der Waals surface area (Å²) >= 11 is 6.18. The first-order chi connectivity index (χ1) is 12.8. The zero-order chi connectivity index (χ0) is 19.6. The number of rotatable bonds is 4. The van der Waals surface area contributed by atoms with E-state index in [1.165, 1.54) is 19.1 Å². The molecule has 0 saturated carbocycles. The maximum atomic E-state index is 13.4. The van der Waals surface area contributed by atoms with Crippen LogP contribution in [-0.4, -0.2) is 24.9 Å². The van der Waals surface area contributed by atoms with Gasteiger partial charge >= 0.3 is 12.1 Å². The molecule has 0 saturated heterocycles. The van der Waals surface area contributed by atoms with Crippen molar-refractivity contribution < 1.29 is 32.2 Å². The zero-order valence-electron chi connectivity index (χ0n) is 14.0. The Morgan fingerprint density at radius 2 is 1.89 bits per heavy atom. The van der Waals surface area contributed by atoms with Crippen molar-refractivity contribution in [1.29, 1.82) is 0 Å². The van der Waals surface area contributed by atoms with Crippen LogP contribution in [0.2, 0.25) is 5.02 Å². The minimum atomic E-state index is -4.80. The third kappa shape index (κ3) is 4.03. The second kappa shape index (κ2) is 7.52. The molecular formula is C19H14ClF3O4. The second-order valence-electron chi connectivity index (χ2n) is 5.56. The van der Waals surface area contributed by atoms with E-state index in [1.54, 1.807) is 30.3 Å². The number of ether oxygens (including phenoxy) is 3. The number of para-hydroxylation sites is 1. The van der Waals surface area contributed by atoms with E-state index in [0.717, 1.165) is 6.08 Å². The van der Waals surface area contributed by atoms with Gasteiger partial charge in [-0.05, 0) is 37.3 Å².